The van der Waals surface area contributed by atoms with Crippen LogP contribution in [0.25, 0.3) is 28.0 Å². The molecule has 0 fully saturated rings. The summed E-state index contributed by atoms with van der Waals surface area (Å²) in [5.74, 6) is 0. The van der Waals surface area contributed by atoms with Crippen LogP contribution in [0.4, 0.5) is 0 Å². The van der Waals surface area contributed by atoms with Crippen molar-refractivity contribution in [3.05, 3.63) is 77.4 Å². The Labute approximate surface area is 176 Å². The second kappa shape index (κ2) is 9.02. The molecule has 0 saturated heterocycles. The quantitative estimate of drug-likeness (QED) is 0.334. The summed E-state index contributed by atoms with van der Waals surface area (Å²) >= 11 is -0.826. The average Bonchev–Trinajstić information content (AvgIpc) is 2.98. The molecule has 0 bridgehead atoms. The van der Waals surface area contributed by atoms with Crippen LogP contribution in [-0.2, 0) is 20.8 Å². The van der Waals surface area contributed by atoms with Crippen molar-refractivity contribution in [1.82, 2.24) is 0 Å². The molecule has 1 aliphatic rings. The molecule has 1 unspecified atom stereocenters. The molecule has 0 aromatic heterocycles. The van der Waals surface area contributed by atoms with E-state index in [0.29, 0.717) is 5.54 Å². The number of rotatable bonds is 2. The zero-order valence-corrected chi connectivity index (χ0v) is 20.2. The first-order valence-electron chi connectivity index (χ1n) is 8.64. The zero-order valence-electron chi connectivity index (χ0n) is 15.2. The number of fused-ring (bicyclic) bond motifs is 2. The first kappa shape index (κ1) is 20.1. The van der Waals surface area contributed by atoms with Crippen LogP contribution in [0.5, 0.6) is 0 Å². The summed E-state index contributed by atoms with van der Waals surface area (Å²) in [6, 6.07) is 22.2. The molecule has 3 aromatic carbocycles. The molecular weight excluding hydrogens is 454 g/mol. The normalized spacial score (nSPS) is 15.3. The molecular formula is C22H21Cl2SiZr. The molecule has 4 rings (SSSR count). The summed E-state index contributed by atoms with van der Waals surface area (Å²) in [5.41, 5.74) is 7.90. The summed E-state index contributed by atoms with van der Waals surface area (Å²) in [6.45, 7) is 7.15. The van der Waals surface area contributed by atoms with Crippen molar-refractivity contribution >= 4 is 42.7 Å². The van der Waals surface area contributed by atoms with Crippen molar-refractivity contribution in [2.24, 2.45) is 0 Å². The number of allylic oxidation sites excluding steroid dienone is 1. The van der Waals surface area contributed by atoms with E-state index in [1.165, 1.54) is 38.6 Å². The summed E-state index contributed by atoms with van der Waals surface area (Å²) in [6.07, 6.45) is 2.43. The second-order valence-electron chi connectivity index (χ2n) is 6.81. The molecule has 131 valence electrons. The molecule has 1 atom stereocenters. The zero-order chi connectivity index (χ0) is 18.7. The molecule has 0 heterocycles. The van der Waals surface area contributed by atoms with Crippen LogP contribution in [0.15, 0.2) is 66.2 Å². The van der Waals surface area contributed by atoms with Gasteiger partial charge in [-0.2, -0.15) is 0 Å². The van der Waals surface area contributed by atoms with E-state index in [0.717, 1.165) is 0 Å². The standard InChI is InChI=1S/C22H21Si.2ClH.Zr/c1-15-14-21-19(12-7-13-20(21)22(15)23(2)3)18-11-6-9-16-8-4-5-10-17(16)18;;;/h4-14,22H,1-3H3;2*1H;/q;;;+2/p-2. The first-order chi connectivity index (χ1) is 12.6. The Balaban J connectivity index is 0.000000613. The molecule has 4 heteroatoms. The van der Waals surface area contributed by atoms with E-state index < -0.39 is 20.8 Å². The van der Waals surface area contributed by atoms with E-state index in [9.17, 15) is 0 Å². The van der Waals surface area contributed by atoms with Crippen LogP contribution in [-0.4, -0.2) is 8.80 Å². The molecule has 0 aliphatic heterocycles. The fraction of sp³-hybridized carbons (Fsp3) is 0.182. The summed E-state index contributed by atoms with van der Waals surface area (Å²) in [4.78, 5) is 0. The van der Waals surface area contributed by atoms with E-state index in [-0.39, 0.29) is 8.80 Å². The van der Waals surface area contributed by atoms with Crippen molar-refractivity contribution in [1.29, 1.82) is 0 Å². The molecule has 0 nitrogen and oxygen atoms in total. The number of benzene rings is 3. The third-order valence-electron chi connectivity index (χ3n) is 4.94. The van der Waals surface area contributed by atoms with Crippen LogP contribution in [0, 0.1) is 0 Å². The molecule has 0 amide bonds. The van der Waals surface area contributed by atoms with Gasteiger partial charge in [0.05, 0.1) is 8.80 Å². The van der Waals surface area contributed by atoms with Gasteiger partial charge in [-0.3, -0.25) is 0 Å². The minimum atomic E-state index is -0.826. The molecule has 1 aliphatic carbocycles. The van der Waals surface area contributed by atoms with Crippen LogP contribution in [0.1, 0.15) is 23.6 Å². The predicted octanol–water partition coefficient (Wildman–Crippen LogP) is 7.68. The van der Waals surface area contributed by atoms with Crippen molar-refractivity contribution in [3.63, 3.8) is 0 Å². The molecule has 1 radical (unpaired) electrons. The predicted molar refractivity (Wildman–Crippen MR) is 115 cm³/mol. The topological polar surface area (TPSA) is 0 Å². The summed E-state index contributed by atoms with van der Waals surface area (Å²) < 4.78 is 0. The van der Waals surface area contributed by atoms with Gasteiger partial charge in [0.1, 0.15) is 0 Å². The van der Waals surface area contributed by atoms with Crippen LogP contribution >= 0.6 is 17.0 Å². The Hall–Kier alpha value is -0.660. The van der Waals surface area contributed by atoms with Crippen molar-refractivity contribution in [2.75, 3.05) is 0 Å². The van der Waals surface area contributed by atoms with Gasteiger partial charge in [-0.05, 0) is 45.5 Å². The van der Waals surface area contributed by atoms with Crippen LogP contribution in [0.2, 0.25) is 13.1 Å². The maximum absolute atomic E-state index is 4.93. The third kappa shape index (κ3) is 3.94. The molecule has 0 spiro atoms. The molecule has 0 N–H and O–H groups in total. The van der Waals surface area contributed by atoms with Crippen molar-refractivity contribution < 1.29 is 20.8 Å². The Morgan fingerprint density at radius 1 is 0.846 bits per heavy atom. The van der Waals surface area contributed by atoms with Gasteiger partial charge in [-0.15, -0.1) is 0 Å². The second-order valence-corrected chi connectivity index (χ2v) is 13.3. The first-order valence-corrected chi connectivity index (χ1v) is 17.5. The fourth-order valence-corrected chi connectivity index (χ4v) is 5.88. The van der Waals surface area contributed by atoms with Crippen LogP contribution < -0.4 is 0 Å². The number of hydrogen-bond acceptors (Lipinski definition) is 0. The van der Waals surface area contributed by atoms with Crippen molar-refractivity contribution in [3.8, 4) is 11.1 Å². The Morgan fingerprint density at radius 2 is 1.46 bits per heavy atom. The summed E-state index contributed by atoms with van der Waals surface area (Å²) in [7, 11) is 9.49. The van der Waals surface area contributed by atoms with Gasteiger partial charge in [0.25, 0.3) is 0 Å². The third-order valence-corrected chi connectivity index (χ3v) is 6.86. The summed E-state index contributed by atoms with van der Waals surface area (Å²) in [5, 5.41) is 2.66. The van der Waals surface area contributed by atoms with E-state index in [1.54, 1.807) is 0 Å². The Bertz CT molecular complexity index is 945. The van der Waals surface area contributed by atoms with Crippen LogP contribution in [0.3, 0.4) is 0 Å². The van der Waals surface area contributed by atoms with E-state index in [2.05, 4.69) is 86.8 Å². The van der Waals surface area contributed by atoms with E-state index >= 15 is 0 Å². The van der Waals surface area contributed by atoms with Gasteiger partial charge in [0.15, 0.2) is 0 Å². The Morgan fingerprint density at radius 3 is 2.19 bits per heavy atom. The molecule has 0 saturated carbocycles. The average molecular weight is 476 g/mol. The maximum atomic E-state index is 4.93. The number of hydrogen-bond donors (Lipinski definition) is 0. The van der Waals surface area contributed by atoms with Gasteiger partial charge in [0, 0.05) is 0 Å². The van der Waals surface area contributed by atoms with Gasteiger partial charge in [-0.1, -0.05) is 85.4 Å². The van der Waals surface area contributed by atoms with E-state index in [1.807, 2.05) is 0 Å². The Kier molecular flexibility index (Phi) is 6.97. The fourth-order valence-electron chi connectivity index (χ4n) is 4.01. The molecule has 3 aromatic rings. The SMILES string of the molecule is CC1=Cc2c(-c3cccc4ccccc34)cccc2C1[Si](C)C.[Cl][Zr][Cl]. The van der Waals surface area contributed by atoms with E-state index in [4.69, 9.17) is 17.0 Å². The van der Waals surface area contributed by atoms with Gasteiger partial charge in [-0.25, -0.2) is 0 Å². The number of halogens is 2. The van der Waals surface area contributed by atoms with Gasteiger partial charge < -0.3 is 0 Å². The van der Waals surface area contributed by atoms with Gasteiger partial charge >= 0.3 is 37.9 Å². The molecule has 26 heavy (non-hydrogen) atoms. The van der Waals surface area contributed by atoms with Crippen molar-refractivity contribution in [2.45, 2.75) is 25.6 Å². The van der Waals surface area contributed by atoms with Gasteiger partial charge in [0.2, 0.25) is 0 Å². The monoisotopic (exact) mass is 473 g/mol. The minimum absolute atomic E-state index is 0.381.